The van der Waals surface area contributed by atoms with E-state index in [9.17, 15) is 14.4 Å². The molecule has 1 aliphatic rings. The summed E-state index contributed by atoms with van der Waals surface area (Å²) in [7, 11) is 1.80. The molecule has 4 rings (SSSR count). The first-order chi connectivity index (χ1) is 17.1. The fourth-order valence-electron chi connectivity index (χ4n) is 4.97. The highest BCUT2D eigenvalue weighted by Gasteiger charge is 2.44. The smallest absolute Gasteiger partial charge is 0.229 e. The van der Waals surface area contributed by atoms with Crippen molar-refractivity contribution in [2.45, 2.75) is 40.5 Å². The zero-order valence-corrected chi connectivity index (χ0v) is 21.4. The third-order valence-corrected chi connectivity index (χ3v) is 6.37. The fourth-order valence-corrected chi connectivity index (χ4v) is 4.97. The molecule has 8 heteroatoms. The molecule has 2 amide bonds. The second-order valence-corrected chi connectivity index (χ2v) is 10.2. The number of benzene rings is 1. The van der Waals surface area contributed by atoms with E-state index in [1.165, 1.54) is 6.92 Å². The number of hydrogen-bond donors (Lipinski definition) is 3. The van der Waals surface area contributed by atoms with E-state index < -0.39 is 5.41 Å². The average Bonchev–Trinajstić information content (AvgIpc) is 3.16. The van der Waals surface area contributed by atoms with Crippen LogP contribution in [0.1, 0.15) is 50.2 Å². The molecule has 0 fully saturated rings. The van der Waals surface area contributed by atoms with E-state index in [2.05, 4.69) is 34.4 Å². The number of amides is 2. The summed E-state index contributed by atoms with van der Waals surface area (Å²) in [4.78, 5) is 48.0. The van der Waals surface area contributed by atoms with Gasteiger partial charge >= 0.3 is 0 Å². The lowest BCUT2D eigenvalue weighted by Gasteiger charge is -2.35. The van der Waals surface area contributed by atoms with E-state index in [-0.39, 0.29) is 24.0 Å². The molecule has 188 valence electrons. The summed E-state index contributed by atoms with van der Waals surface area (Å²) in [6.45, 7) is 8.07. The SMILES string of the molecule is CC(=O)Nc1cc(-c2[nH]c3c(c2Nc2ccccc2)C(=O)CC(C)(C(=O)N(C)CC(C)C)C3)ccn1. The molecule has 3 N–H and O–H groups in total. The summed E-state index contributed by atoms with van der Waals surface area (Å²) in [6.07, 6.45) is 2.17. The predicted molar refractivity (Wildman–Crippen MR) is 141 cm³/mol. The number of fused-ring (bicyclic) bond motifs is 1. The normalized spacial score (nSPS) is 17.0. The Balaban J connectivity index is 1.79. The molecule has 1 aliphatic carbocycles. The van der Waals surface area contributed by atoms with Crippen LogP contribution in [0, 0.1) is 11.3 Å². The van der Waals surface area contributed by atoms with Crippen LogP contribution >= 0.6 is 0 Å². The Morgan fingerprint density at radius 1 is 1.17 bits per heavy atom. The van der Waals surface area contributed by atoms with Crippen LogP contribution in [0.2, 0.25) is 0 Å². The second-order valence-electron chi connectivity index (χ2n) is 10.2. The van der Waals surface area contributed by atoms with Crippen molar-refractivity contribution in [2.24, 2.45) is 11.3 Å². The van der Waals surface area contributed by atoms with Crippen LogP contribution in [-0.2, 0) is 16.0 Å². The van der Waals surface area contributed by atoms with Gasteiger partial charge in [0.25, 0.3) is 0 Å². The van der Waals surface area contributed by atoms with Crippen molar-refractivity contribution in [1.29, 1.82) is 0 Å². The van der Waals surface area contributed by atoms with Gasteiger partial charge in [-0.1, -0.05) is 32.0 Å². The number of carbonyl (C=O) groups is 3. The summed E-state index contributed by atoms with van der Waals surface area (Å²) in [5.74, 6) is 0.423. The third-order valence-electron chi connectivity index (χ3n) is 6.37. The van der Waals surface area contributed by atoms with Crippen molar-refractivity contribution in [3.63, 3.8) is 0 Å². The quantitative estimate of drug-likeness (QED) is 0.433. The molecule has 8 nitrogen and oxygen atoms in total. The van der Waals surface area contributed by atoms with Gasteiger partial charge in [0.05, 0.1) is 22.4 Å². The molecule has 0 spiro atoms. The summed E-state index contributed by atoms with van der Waals surface area (Å²) < 4.78 is 0. The van der Waals surface area contributed by atoms with Crippen molar-refractivity contribution >= 4 is 34.8 Å². The van der Waals surface area contributed by atoms with Crippen LogP contribution in [0.4, 0.5) is 17.2 Å². The Bertz CT molecular complexity index is 1300. The standard InChI is InChI=1S/C28H33N5O3/c1-17(2)16-33(5)27(36)28(4)14-21-24(22(35)15-28)26(31-20-9-7-6-8-10-20)25(32-21)19-11-12-29-23(13-19)30-18(3)34/h6-13,17,31-32H,14-16H2,1-5H3,(H,29,30,34). The monoisotopic (exact) mass is 487 g/mol. The largest absolute Gasteiger partial charge is 0.356 e. The maximum absolute atomic E-state index is 13.6. The molecule has 1 aromatic carbocycles. The number of ketones is 1. The van der Waals surface area contributed by atoms with Gasteiger partial charge < -0.3 is 20.5 Å². The Kier molecular flexibility index (Phi) is 6.97. The van der Waals surface area contributed by atoms with Crippen LogP contribution in [0.15, 0.2) is 48.7 Å². The van der Waals surface area contributed by atoms with E-state index in [1.807, 2.05) is 43.3 Å². The molecular weight excluding hydrogens is 454 g/mol. The van der Waals surface area contributed by atoms with Gasteiger partial charge in [-0.3, -0.25) is 14.4 Å². The minimum absolute atomic E-state index is 0.0271. The van der Waals surface area contributed by atoms with Crippen molar-refractivity contribution in [1.82, 2.24) is 14.9 Å². The highest BCUT2D eigenvalue weighted by Crippen LogP contribution is 2.44. The third kappa shape index (κ3) is 5.17. The molecule has 0 saturated heterocycles. The molecule has 0 bridgehead atoms. The van der Waals surface area contributed by atoms with Gasteiger partial charge in [-0.2, -0.15) is 0 Å². The number of nitrogens with zero attached hydrogens (tertiary/aromatic N) is 2. The molecule has 1 atom stereocenters. The maximum atomic E-state index is 13.6. The zero-order valence-electron chi connectivity index (χ0n) is 21.4. The molecule has 0 aliphatic heterocycles. The first-order valence-corrected chi connectivity index (χ1v) is 12.2. The molecular formula is C28H33N5O3. The van der Waals surface area contributed by atoms with Gasteiger partial charge in [0.2, 0.25) is 11.8 Å². The summed E-state index contributed by atoms with van der Waals surface area (Å²) in [5, 5.41) is 6.13. The molecule has 2 heterocycles. The number of anilines is 3. The van der Waals surface area contributed by atoms with Crippen molar-refractivity contribution in [2.75, 3.05) is 24.2 Å². The average molecular weight is 488 g/mol. The number of para-hydroxylation sites is 1. The molecule has 0 radical (unpaired) electrons. The van der Waals surface area contributed by atoms with Gasteiger partial charge in [0.1, 0.15) is 5.82 Å². The highest BCUT2D eigenvalue weighted by atomic mass is 16.2. The molecule has 36 heavy (non-hydrogen) atoms. The van der Waals surface area contributed by atoms with Gasteiger partial charge in [-0.15, -0.1) is 0 Å². The summed E-state index contributed by atoms with van der Waals surface area (Å²) in [5.41, 5.74) is 3.43. The first kappa shape index (κ1) is 25.2. The van der Waals surface area contributed by atoms with E-state index in [4.69, 9.17) is 0 Å². The van der Waals surface area contributed by atoms with Crippen LogP contribution in [0.25, 0.3) is 11.3 Å². The van der Waals surface area contributed by atoms with E-state index in [0.717, 1.165) is 16.9 Å². The number of rotatable bonds is 7. The number of aromatic amines is 1. The van der Waals surface area contributed by atoms with E-state index >= 15 is 0 Å². The Hall–Kier alpha value is -3.94. The minimum Gasteiger partial charge on any atom is -0.356 e. The van der Waals surface area contributed by atoms with Gasteiger partial charge in [0.15, 0.2) is 5.78 Å². The number of pyridine rings is 1. The van der Waals surface area contributed by atoms with Gasteiger partial charge in [-0.25, -0.2) is 4.98 Å². The summed E-state index contributed by atoms with van der Waals surface area (Å²) >= 11 is 0. The van der Waals surface area contributed by atoms with Crippen molar-refractivity contribution in [3.8, 4) is 11.3 Å². The number of hydrogen-bond acceptors (Lipinski definition) is 5. The lowest BCUT2D eigenvalue weighted by molar-refractivity contribution is -0.140. The minimum atomic E-state index is -0.834. The molecule has 2 aromatic heterocycles. The van der Waals surface area contributed by atoms with Crippen LogP contribution < -0.4 is 10.6 Å². The topological polar surface area (TPSA) is 107 Å². The Morgan fingerprint density at radius 3 is 2.56 bits per heavy atom. The van der Waals surface area contributed by atoms with Gasteiger partial charge in [0, 0.05) is 56.5 Å². The van der Waals surface area contributed by atoms with Crippen LogP contribution in [0.5, 0.6) is 0 Å². The maximum Gasteiger partial charge on any atom is 0.229 e. The molecule has 1 unspecified atom stereocenters. The molecule has 0 saturated carbocycles. The lowest BCUT2D eigenvalue weighted by atomic mass is 9.73. The molecule has 3 aromatic rings. The van der Waals surface area contributed by atoms with Gasteiger partial charge in [-0.05, 0) is 37.1 Å². The second kappa shape index (κ2) is 9.97. The lowest BCUT2D eigenvalue weighted by Crippen LogP contribution is -2.46. The summed E-state index contributed by atoms with van der Waals surface area (Å²) in [6, 6.07) is 13.2. The number of Topliss-reactive ketones (excluding diaryl/α,β-unsaturated/α-hetero) is 1. The fraction of sp³-hybridized carbons (Fsp3) is 0.357. The van der Waals surface area contributed by atoms with Crippen molar-refractivity contribution < 1.29 is 14.4 Å². The number of nitrogens with one attached hydrogen (secondary N) is 3. The highest BCUT2D eigenvalue weighted by molar-refractivity contribution is 6.10. The predicted octanol–water partition coefficient (Wildman–Crippen LogP) is 5.03. The Labute approximate surface area is 211 Å². The first-order valence-electron chi connectivity index (χ1n) is 12.2. The number of H-pyrrole nitrogens is 1. The van der Waals surface area contributed by atoms with Crippen LogP contribution in [0.3, 0.4) is 0 Å². The number of carbonyl (C=O) groups excluding carboxylic acids is 3. The van der Waals surface area contributed by atoms with E-state index in [0.29, 0.717) is 41.6 Å². The zero-order chi connectivity index (χ0) is 26.0. The van der Waals surface area contributed by atoms with Crippen molar-refractivity contribution in [3.05, 3.63) is 59.9 Å². The Morgan fingerprint density at radius 2 is 1.89 bits per heavy atom. The van der Waals surface area contributed by atoms with E-state index in [1.54, 1.807) is 24.2 Å². The van der Waals surface area contributed by atoms with Crippen LogP contribution in [-0.4, -0.2) is 46.1 Å². The number of aromatic nitrogens is 2.